The van der Waals surface area contributed by atoms with Gasteiger partial charge in [-0.15, -0.1) is 10.2 Å². The van der Waals surface area contributed by atoms with Gasteiger partial charge in [0.05, 0.1) is 5.54 Å². The van der Waals surface area contributed by atoms with E-state index in [1.165, 1.54) is 11.3 Å². The third-order valence-electron chi connectivity index (χ3n) is 2.15. The van der Waals surface area contributed by atoms with E-state index >= 15 is 0 Å². The number of nitrogens with one attached hydrogen (secondary N) is 1. The molecule has 0 atom stereocenters. The molecule has 0 radical (unpaired) electrons. The van der Waals surface area contributed by atoms with Crippen LogP contribution >= 0.6 is 11.3 Å². The van der Waals surface area contributed by atoms with Crippen molar-refractivity contribution >= 4 is 22.4 Å². The first-order chi connectivity index (χ1) is 6.97. The van der Waals surface area contributed by atoms with Gasteiger partial charge in [0.15, 0.2) is 0 Å². The van der Waals surface area contributed by atoms with Crippen LogP contribution in [-0.4, -0.2) is 16.1 Å². The number of hydrogen-bond donors (Lipinski definition) is 2. The topological polar surface area (TPSA) is 80.9 Å². The Morgan fingerprint density at radius 1 is 1.53 bits per heavy atom. The van der Waals surface area contributed by atoms with E-state index in [-0.39, 0.29) is 11.8 Å². The number of carbonyl (C=O) groups is 1. The van der Waals surface area contributed by atoms with Crippen LogP contribution in [-0.2, 0) is 10.3 Å². The van der Waals surface area contributed by atoms with Crippen molar-refractivity contribution in [2.75, 3.05) is 5.32 Å². The number of rotatable bonds is 3. The van der Waals surface area contributed by atoms with Crippen molar-refractivity contribution in [2.24, 2.45) is 11.7 Å². The number of carbonyl (C=O) groups excluding carboxylic acids is 1. The maximum absolute atomic E-state index is 11.4. The molecule has 0 spiro atoms. The zero-order valence-electron chi connectivity index (χ0n) is 8.78. The molecule has 0 aromatic carbocycles. The summed E-state index contributed by atoms with van der Waals surface area (Å²) in [6.07, 6.45) is 1.97. The molecule has 1 amide bonds. The maximum Gasteiger partial charge on any atom is 0.229 e. The van der Waals surface area contributed by atoms with Gasteiger partial charge in [0.25, 0.3) is 0 Å². The smallest absolute Gasteiger partial charge is 0.229 e. The first-order valence-corrected chi connectivity index (χ1v) is 5.72. The molecule has 1 saturated carbocycles. The van der Waals surface area contributed by atoms with Crippen LogP contribution in [0, 0.1) is 5.92 Å². The van der Waals surface area contributed by atoms with Crippen molar-refractivity contribution in [3.05, 3.63) is 5.01 Å². The Morgan fingerprint density at radius 2 is 2.20 bits per heavy atom. The summed E-state index contributed by atoms with van der Waals surface area (Å²) in [5.41, 5.74) is 5.37. The normalized spacial score (nSPS) is 16.5. The minimum atomic E-state index is -0.500. The summed E-state index contributed by atoms with van der Waals surface area (Å²) >= 11 is 1.33. The molecule has 0 unspecified atom stereocenters. The van der Waals surface area contributed by atoms with Crippen LogP contribution in [0.1, 0.15) is 31.7 Å². The molecule has 1 aliphatic carbocycles. The highest BCUT2D eigenvalue weighted by Gasteiger charge is 2.30. The van der Waals surface area contributed by atoms with E-state index in [2.05, 4.69) is 15.5 Å². The summed E-state index contributed by atoms with van der Waals surface area (Å²) < 4.78 is 0. The molecule has 82 valence electrons. The van der Waals surface area contributed by atoms with Crippen LogP contribution in [0.15, 0.2) is 0 Å². The summed E-state index contributed by atoms with van der Waals surface area (Å²) in [6.45, 7) is 3.72. The molecule has 0 saturated heterocycles. The Labute approximate surface area is 92.1 Å². The summed E-state index contributed by atoms with van der Waals surface area (Å²) in [5.74, 6) is 0.232. The lowest BCUT2D eigenvalue weighted by atomic mass is 10.1. The van der Waals surface area contributed by atoms with Crippen molar-refractivity contribution in [1.82, 2.24) is 10.2 Å². The highest BCUT2D eigenvalue weighted by atomic mass is 32.1. The minimum Gasteiger partial charge on any atom is -0.320 e. The Balaban J connectivity index is 2.03. The fourth-order valence-corrected chi connectivity index (χ4v) is 1.85. The fourth-order valence-electron chi connectivity index (χ4n) is 1.09. The van der Waals surface area contributed by atoms with Crippen LogP contribution in [0.5, 0.6) is 0 Å². The standard InChI is InChI=1S/C9H14N4OS/c1-9(2,10)7-12-13-8(15-7)11-6(14)5-3-4-5/h5H,3-4,10H2,1-2H3,(H,11,13,14). The Hall–Kier alpha value is -1.01. The average Bonchev–Trinajstić information content (AvgIpc) is 2.86. The SMILES string of the molecule is CC(C)(N)c1nnc(NC(=O)C2CC2)s1. The summed E-state index contributed by atoms with van der Waals surface area (Å²) in [5, 5.41) is 11.9. The van der Waals surface area contributed by atoms with E-state index in [1.807, 2.05) is 13.8 Å². The lowest BCUT2D eigenvalue weighted by Gasteiger charge is -2.12. The molecule has 1 aliphatic rings. The Morgan fingerprint density at radius 3 is 2.67 bits per heavy atom. The van der Waals surface area contributed by atoms with Crippen LogP contribution in [0.3, 0.4) is 0 Å². The Kier molecular flexibility index (Phi) is 2.47. The zero-order chi connectivity index (χ0) is 11.1. The molecular weight excluding hydrogens is 212 g/mol. The second-order valence-electron chi connectivity index (χ2n) is 4.40. The predicted octanol–water partition coefficient (Wildman–Crippen LogP) is 1.08. The van der Waals surface area contributed by atoms with Gasteiger partial charge in [-0.3, -0.25) is 4.79 Å². The molecule has 1 aromatic rings. The molecule has 1 aromatic heterocycles. The van der Waals surface area contributed by atoms with Gasteiger partial charge >= 0.3 is 0 Å². The van der Waals surface area contributed by atoms with Gasteiger partial charge in [-0.05, 0) is 26.7 Å². The quantitative estimate of drug-likeness (QED) is 0.808. The molecule has 6 heteroatoms. The van der Waals surface area contributed by atoms with Crippen molar-refractivity contribution < 1.29 is 4.79 Å². The van der Waals surface area contributed by atoms with E-state index in [9.17, 15) is 4.79 Å². The average molecular weight is 226 g/mol. The highest BCUT2D eigenvalue weighted by molar-refractivity contribution is 7.15. The Bertz CT molecular complexity index is 378. The molecule has 0 bridgehead atoms. The second-order valence-corrected chi connectivity index (χ2v) is 5.38. The molecule has 0 aliphatic heterocycles. The van der Waals surface area contributed by atoms with Gasteiger partial charge in [-0.2, -0.15) is 0 Å². The van der Waals surface area contributed by atoms with E-state index < -0.39 is 5.54 Å². The molecule has 5 nitrogen and oxygen atoms in total. The second kappa shape index (κ2) is 3.53. The minimum absolute atomic E-state index is 0.0486. The molecule has 2 rings (SSSR count). The monoisotopic (exact) mass is 226 g/mol. The van der Waals surface area contributed by atoms with Crippen molar-refractivity contribution in [3.63, 3.8) is 0 Å². The largest absolute Gasteiger partial charge is 0.320 e. The number of hydrogen-bond acceptors (Lipinski definition) is 5. The van der Waals surface area contributed by atoms with Gasteiger partial charge in [-0.25, -0.2) is 0 Å². The van der Waals surface area contributed by atoms with Crippen LogP contribution < -0.4 is 11.1 Å². The van der Waals surface area contributed by atoms with Crippen molar-refractivity contribution in [1.29, 1.82) is 0 Å². The van der Waals surface area contributed by atoms with Gasteiger partial charge < -0.3 is 11.1 Å². The van der Waals surface area contributed by atoms with Crippen LogP contribution in [0.4, 0.5) is 5.13 Å². The number of nitrogens with two attached hydrogens (primary N) is 1. The number of aromatic nitrogens is 2. The maximum atomic E-state index is 11.4. The molecule has 15 heavy (non-hydrogen) atoms. The number of anilines is 1. The van der Waals surface area contributed by atoms with E-state index in [0.717, 1.165) is 17.8 Å². The van der Waals surface area contributed by atoms with Gasteiger partial charge in [0.1, 0.15) is 5.01 Å². The first kappa shape index (κ1) is 10.5. The summed E-state index contributed by atoms with van der Waals surface area (Å²) in [7, 11) is 0. The molecule has 1 fully saturated rings. The molecular formula is C9H14N4OS. The van der Waals surface area contributed by atoms with Gasteiger partial charge in [-0.1, -0.05) is 11.3 Å². The van der Waals surface area contributed by atoms with Crippen LogP contribution in [0.2, 0.25) is 0 Å². The fraction of sp³-hybridized carbons (Fsp3) is 0.667. The van der Waals surface area contributed by atoms with E-state index in [4.69, 9.17) is 5.73 Å². The van der Waals surface area contributed by atoms with Crippen LogP contribution in [0.25, 0.3) is 0 Å². The van der Waals surface area contributed by atoms with E-state index in [1.54, 1.807) is 0 Å². The first-order valence-electron chi connectivity index (χ1n) is 4.90. The molecule has 1 heterocycles. The number of nitrogens with zero attached hydrogens (tertiary/aromatic N) is 2. The third-order valence-corrected chi connectivity index (χ3v) is 3.33. The van der Waals surface area contributed by atoms with Gasteiger partial charge in [0, 0.05) is 5.92 Å². The lowest BCUT2D eigenvalue weighted by molar-refractivity contribution is -0.117. The van der Waals surface area contributed by atoms with Gasteiger partial charge in [0.2, 0.25) is 11.0 Å². The summed E-state index contributed by atoms with van der Waals surface area (Å²) in [4.78, 5) is 11.4. The molecule has 3 N–H and O–H groups in total. The zero-order valence-corrected chi connectivity index (χ0v) is 9.60. The third kappa shape index (κ3) is 2.51. The summed E-state index contributed by atoms with van der Waals surface area (Å²) in [6, 6.07) is 0. The van der Waals surface area contributed by atoms with Crippen molar-refractivity contribution in [2.45, 2.75) is 32.2 Å². The van der Waals surface area contributed by atoms with E-state index in [0.29, 0.717) is 5.13 Å². The predicted molar refractivity (Wildman–Crippen MR) is 58.5 cm³/mol. The highest BCUT2D eigenvalue weighted by Crippen LogP contribution is 2.31. The van der Waals surface area contributed by atoms with Crippen molar-refractivity contribution in [3.8, 4) is 0 Å². The number of amides is 1. The lowest BCUT2D eigenvalue weighted by Crippen LogP contribution is -2.28.